The molecule has 1 heterocycles. The Morgan fingerprint density at radius 3 is 2.57 bits per heavy atom. The standard InChI is InChI=1S/C12H21ClO/c1-12(13)7-8-14-11(9-12)10-5-3-2-4-6-10/h10-11H,2-9H2,1H3. The van der Waals surface area contributed by atoms with E-state index >= 15 is 0 Å². The molecule has 2 atom stereocenters. The van der Waals surface area contributed by atoms with Crippen LogP contribution in [-0.4, -0.2) is 17.6 Å². The number of ether oxygens (including phenoxy) is 1. The fourth-order valence-electron chi connectivity index (χ4n) is 2.81. The summed E-state index contributed by atoms with van der Waals surface area (Å²) in [6.07, 6.45) is 9.44. The van der Waals surface area contributed by atoms with E-state index in [0.29, 0.717) is 6.10 Å². The van der Waals surface area contributed by atoms with E-state index in [1.165, 1.54) is 32.1 Å². The van der Waals surface area contributed by atoms with Gasteiger partial charge in [-0.3, -0.25) is 0 Å². The second-order valence-corrected chi connectivity index (χ2v) is 6.09. The number of halogens is 1. The summed E-state index contributed by atoms with van der Waals surface area (Å²) in [5.41, 5.74) is 0. The molecule has 0 radical (unpaired) electrons. The van der Waals surface area contributed by atoms with Crippen LogP contribution in [0.2, 0.25) is 0 Å². The van der Waals surface area contributed by atoms with Crippen molar-refractivity contribution in [3.63, 3.8) is 0 Å². The molecule has 0 amide bonds. The van der Waals surface area contributed by atoms with E-state index in [1.807, 2.05) is 0 Å². The topological polar surface area (TPSA) is 9.23 Å². The number of rotatable bonds is 1. The van der Waals surface area contributed by atoms with Crippen LogP contribution >= 0.6 is 11.6 Å². The zero-order chi connectivity index (χ0) is 10.0. The van der Waals surface area contributed by atoms with Crippen molar-refractivity contribution in [2.24, 2.45) is 5.92 Å². The molecule has 2 rings (SSSR count). The van der Waals surface area contributed by atoms with E-state index in [1.54, 1.807) is 0 Å². The molecule has 1 aliphatic heterocycles. The molecule has 82 valence electrons. The van der Waals surface area contributed by atoms with Crippen LogP contribution in [0, 0.1) is 5.92 Å². The fourth-order valence-corrected chi connectivity index (χ4v) is 3.04. The quantitative estimate of drug-likeness (QED) is 0.607. The molecule has 0 spiro atoms. The minimum atomic E-state index is 0.000361. The predicted molar refractivity (Wildman–Crippen MR) is 59.8 cm³/mol. The Bertz CT molecular complexity index is 185. The Hall–Kier alpha value is 0.250. The molecule has 1 aliphatic carbocycles. The molecular formula is C12H21ClO. The van der Waals surface area contributed by atoms with Gasteiger partial charge in [0.25, 0.3) is 0 Å². The average Bonchev–Trinajstić information content (AvgIpc) is 2.18. The van der Waals surface area contributed by atoms with Gasteiger partial charge >= 0.3 is 0 Å². The first-order chi connectivity index (χ1) is 6.67. The van der Waals surface area contributed by atoms with Crippen molar-refractivity contribution in [3.8, 4) is 0 Å². The second kappa shape index (κ2) is 4.40. The van der Waals surface area contributed by atoms with Gasteiger partial charge in [-0.1, -0.05) is 19.3 Å². The molecule has 2 aliphatic rings. The summed E-state index contributed by atoms with van der Waals surface area (Å²) in [5, 5.41) is 0. The summed E-state index contributed by atoms with van der Waals surface area (Å²) >= 11 is 6.41. The summed E-state index contributed by atoms with van der Waals surface area (Å²) < 4.78 is 5.87. The monoisotopic (exact) mass is 216 g/mol. The van der Waals surface area contributed by atoms with Crippen LogP contribution in [0.4, 0.5) is 0 Å². The molecule has 2 fully saturated rings. The lowest BCUT2D eigenvalue weighted by Crippen LogP contribution is -2.39. The molecule has 0 aromatic carbocycles. The highest BCUT2D eigenvalue weighted by atomic mass is 35.5. The van der Waals surface area contributed by atoms with Gasteiger partial charge in [0.15, 0.2) is 0 Å². The smallest absolute Gasteiger partial charge is 0.0619 e. The summed E-state index contributed by atoms with van der Waals surface area (Å²) in [7, 11) is 0. The minimum Gasteiger partial charge on any atom is -0.378 e. The maximum absolute atomic E-state index is 6.41. The van der Waals surface area contributed by atoms with Gasteiger partial charge in [0.05, 0.1) is 6.10 Å². The van der Waals surface area contributed by atoms with E-state index in [-0.39, 0.29) is 4.87 Å². The van der Waals surface area contributed by atoms with Crippen LogP contribution in [-0.2, 0) is 4.74 Å². The van der Waals surface area contributed by atoms with E-state index < -0.39 is 0 Å². The van der Waals surface area contributed by atoms with Crippen molar-refractivity contribution in [2.75, 3.05) is 6.61 Å². The Morgan fingerprint density at radius 1 is 1.21 bits per heavy atom. The molecule has 2 unspecified atom stereocenters. The highest BCUT2D eigenvalue weighted by Crippen LogP contribution is 2.38. The SMILES string of the molecule is CC1(Cl)CCOC(C2CCCCC2)C1. The van der Waals surface area contributed by atoms with Crippen LogP contribution in [0.3, 0.4) is 0 Å². The van der Waals surface area contributed by atoms with Crippen molar-refractivity contribution in [1.82, 2.24) is 0 Å². The molecule has 0 aromatic heterocycles. The van der Waals surface area contributed by atoms with Crippen LogP contribution in [0.15, 0.2) is 0 Å². The van der Waals surface area contributed by atoms with Crippen molar-refractivity contribution < 1.29 is 4.74 Å². The zero-order valence-electron chi connectivity index (χ0n) is 9.10. The largest absolute Gasteiger partial charge is 0.378 e. The summed E-state index contributed by atoms with van der Waals surface area (Å²) in [6.45, 7) is 3.02. The van der Waals surface area contributed by atoms with Gasteiger partial charge in [0, 0.05) is 11.5 Å². The van der Waals surface area contributed by atoms with Crippen molar-refractivity contribution in [3.05, 3.63) is 0 Å². The molecule has 1 nitrogen and oxygen atoms in total. The van der Waals surface area contributed by atoms with Crippen molar-refractivity contribution in [1.29, 1.82) is 0 Å². The molecule has 0 bridgehead atoms. The lowest BCUT2D eigenvalue weighted by molar-refractivity contribution is -0.0416. The summed E-state index contributed by atoms with van der Waals surface area (Å²) in [5.74, 6) is 0.794. The van der Waals surface area contributed by atoms with Gasteiger partial charge in [-0.2, -0.15) is 0 Å². The highest BCUT2D eigenvalue weighted by molar-refractivity contribution is 6.23. The highest BCUT2D eigenvalue weighted by Gasteiger charge is 2.35. The van der Waals surface area contributed by atoms with Gasteiger partial charge in [-0.05, 0) is 38.5 Å². The van der Waals surface area contributed by atoms with Gasteiger partial charge in [-0.25, -0.2) is 0 Å². The lowest BCUT2D eigenvalue weighted by atomic mass is 9.80. The fraction of sp³-hybridized carbons (Fsp3) is 1.00. The van der Waals surface area contributed by atoms with Crippen molar-refractivity contribution >= 4 is 11.6 Å². The molecule has 14 heavy (non-hydrogen) atoms. The first-order valence-corrected chi connectivity index (χ1v) is 6.36. The zero-order valence-corrected chi connectivity index (χ0v) is 9.85. The predicted octanol–water partition coefficient (Wildman–Crippen LogP) is 3.74. The lowest BCUT2D eigenvalue weighted by Gasteiger charge is -2.39. The molecule has 1 saturated heterocycles. The minimum absolute atomic E-state index is 0.000361. The number of hydrogen-bond acceptors (Lipinski definition) is 1. The maximum atomic E-state index is 6.41. The van der Waals surface area contributed by atoms with Gasteiger partial charge in [0.1, 0.15) is 0 Å². The molecule has 2 heteroatoms. The van der Waals surface area contributed by atoms with Crippen LogP contribution < -0.4 is 0 Å². The third-order valence-electron chi connectivity index (χ3n) is 3.76. The Balaban J connectivity index is 1.89. The first-order valence-electron chi connectivity index (χ1n) is 5.98. The Kier molecular flexibility index (Phi) is 3.38. The van der Waals surface area contributed by atoms with Crippen LogP contribution in [0.1, 0.15) is 51.9 Å². The van der Waals surface area contributed by atoms with Gasteiger partial charge in [0.2, 0.25) is 0 Å². The number of hydrogen-bond donors (Lipinski definition) is 0. The van der Waals surface area contributed by atoms with E-state index in [0.717, 1.165) is 25.4 Å². The molecule has 0 aromatic rings. The van der Waals surface area contributed by atoms with E-state index in [4.69, 9.17) is 16.3 Å². The summed E-state index contributed by atoms with van der Waals surface area (Å²) in [6, 6.07) is 0. The molecule has 0 N–H and O–H groups in total. The second-order valence-electron chi connectivity index (χ2n) is 5.17. The van der Waals surface area contributed by atoms with E-state index in [9.17, 15) is 0 Å². The Morgan fingerprint density at radius 2 is 1.93 bits per heavy atom. The van der Waals surface area contributed by atoms with Crippen LogP contribution in [0.5, 0.6) is 0 Å². The average molecular weight is 217 g/mol. The van der Waals surface area contributed by atoms with Gasteiger partial charge < -0.3 is 4.74 Å². The van der Waals surface area contributed by atoms with Crippen LogP contribution in [0.25, 0.3) is 0 Å². The summed E-state index contributed by atoms with van der Waals surface area (Å²) in [4.78, 5) is 0.000361. The molecular weight excluding hydrogens is 196 g/mol. The molecule has 1 saturated carbocycles. The van der Waals surface area contributed by atoms with Gasteiger partial charge in [-0.15, -0.1) is 11.6 Å². The first kappa shape index (κ1) is 10.8. The number of alkyl halides is 1. The van der Waals surface area contributed by atoms with E-state index in [2.05, 4.69) is 6.92 Å². The van der Waals surface area contributed by atoms with Crippen molar-refractivity contribution in [2.45, 2.75) is 62.8 Å². The normalized spacial score (nSPS) is 41.1. The third-order valence-corrected chi connectivity index (χ3v) is 4.10. The maximum Gasteiger partial charge on any atom is 0.0619 e. The Labute approximate surface area is 92.2 Å². The third kappa shape index (κ3) is 2.64.